The molecular weight excluding hydrogens is 246 g/mol. The highest BCUT2D eigenvalue weighted by Gasteiger charge is 2.07. The number of rotatable bonds is 9. The van der Waals surface area contributed by atoms with E-state index in [1.165, 1.54) is 0 Å². The van der Waals surface area contributed by atoms with Crippen LogP contribution in [0.25, 0.3) is 0 Å². The van der Waals surface area contributed by atoms with E-state index >= 15 is 0 Å². The van der Waals surface area contributed by atoms with Gasteiger partial charge < -0.3 is 24.6 Å². The van der Waals surface area contributed by atoms with E-state index in [0.29, 0.717) is 23.8 Å². The van der Waals surface area contributed by atoms with Gasteiger partial charge in [0.1, 0.15) is 30.0 Å². The Hall–Kier alpha value is -1.46. The van der Waals surface area contributed by atoms with Crippen LogP contribution < -0.4 is 19.5 Å². The molecule has 108 valence electrons. The first-order valence-corrected chi connectivity index (χ1v) is 6.44. The maximum atomic E-state index is 9.74. The number of methoxy groups -OCH3 is 2. The molecule has 5 nitrogen and oxygen atoms in total. The Bertz CT molecular complexity index is 348. The predicted molar refractivity (Wildman–Crippen MR) is 74.2 cm³/mol. The zero-order valence-corrected chi connectivity index (χ0v) is 11.8. The maximum Gasteiger partial charge on any atom is 0.126 e. The molecule has 0 amide bonds. The molecule has 1 aromatic carbocycles. The first-order chi connectivity index (χ1) is 9.19. The molecule has 0 fully saturated rings. The highest BCUT2D eigenvalue weighted by molar-refractivity contribution is 5.41. The molecule has 0 radical (unpaired) electrons. The van der Waals surface area contributed by atoms with E-state index in [9.17, 15) is 5.11 Å². The fourth-order valence-electron chi connectivity index (χ4n) is 1.56. The van der Waals surface area contributed by atoms with Crippen molar-refractivity contribution < 1.29 is 19.3 Å². The molecule has 0 aromatic heterocycles. The van der Waals surface area contributed by atoms with Gasteiger partial charge in [-0.25, -0.2) is 0 Å². The lowest BCUT2D eigenvalue weighted by Gasteiger charge is -2.14. The van der Waals surface area contributed by atoms with E-state index in [1.807, 2.05) is 0 Å². The Balaban J connectivity index is 2.47. The predicted octanol–water partition coefficient (Wildman–Crippen LogP) is 1.44. The van der Waals surface area contributed by atoms with Gasteiger partial charge in [0.25, 0.3) is 0 Å². The van der Waals surface area contributed by atoms with Crippen LogP contribution in [0.1, 0.15) is 13.3 Å². The van der Waals surface area contributed by atoms with Crippen molar-refractivity contribution in [1.29, 1.82) is 0 Å². The molecule has 1 atom stereocenters. The van der Waals surface area contributed by atoms with Crippen molar-refractivity contribution >= 4 is 0 Å². The Morgan fingerprint density at radius 2 is 1.68 bits per heavy atom. The van der Waals surface area contributed by atoms with Crippen molar-refractivity contribution in [2.24, 2.45) is 0 Å². The van der Waals surface area contributed by atoms with Gasteiger partial charge in [-0.15, -0.1) is 0 Å². The maximum absolute atomic E-state index is 9.74. The first kappa shape index (κ1) is 15.6. The van der Waals surface area contributed by atoms with Gasteiger partial charge >= 0.3 is 0 Å². The van der Waals surface area contributed by atoms with E-state index in [2.05, 4.69) is 12.2 Å². The molecule has 0 saturated carbocycles. The standard InChI is InChI=1S/C14H23NO4/c1-4-5-15-9-11(16)10-19-14-7-12(17-2)6-13(8-14)18-3/h6-8,11,15-16H,4-5,9-10H2,1-3H3. The topological polar surface area (TPSA) is 60.0 Å². The van der Waals surface area contributed by atoms with Crippen molar-refractivity contribution in [2.75, 3.05) is 33.9 Å². The van der Waals surface area contributed by atoms with Crippen LogP contribution >= 0.6 is 0 Å². The smallest absolute Gasteiger partial charge is 0.126 e. The molecule has 0 saturated heterocycles. The molecule has 1 aromatic rings. The Morgan fingerprint density at radius 3 is 2.21 bits per heavy atom. The summed E-state index contributed by atoms with van der Waals surface area (Å²) >= 11 is 0. The van der Waals surface area contributed by atoms with Crippen molar-refractivity contribution in [1.82, 2.24) is 5.32 Å². The zero-order valence-electron chi connectivity index (χ0n) is 11.8. The summed E-state index contributed by atoms with van der Waals surface area (Å²) in [5.74, 6) is 1.94. The minimum absolute atomic E-state index is 0.229. The lowest BCUT2D eigenvalue weighted by atomic mass is 10.3. The van der Waals surface area contributed by atoms with E-state index < -0.39 is 6.10 Å². The highest BCUT2D eigenvalue weighted by atomic mass is 16.5. The second kappa shape index (κ2) is 8.61. The molecule has 0 bridgehead atoms. The summed E-state index contributed by atoms with van der Waals surface area (Å²) in [6, 6.07) is 5.29. The summed E-state index contributed by atoms with van der Waals surface area (Å²) in [6.07, 6.45) is 0.504. The molecule has 0 aliphatic rings. The minimum atomic E-state index is -0.538. The van der Waals surface area contributed by atoms with Crippen molar-refractivity contribution in [3.05, 3.63) is 18.2 Å². The van der Waals surface area contributed by atoms with Gasteiger partial charge in [-0.05, 0) is 13.0 Å². The summed E-state index contributed by atoms with van der Waals surface area (Å²) in [5.41, 5.74) is 0. The van der Waals surface area contributed by atoms with Crippen molar-refractivity contribution in [2.45, 2.75) is 19.4 Å². The van der Waals surface area contributed by atoms with Gasteiger partial charge in [0.05, 0.1) is 14.2 Å². The molecule has 2 N–H and O–H groups in total. The zero-order chi connectivity index (χ0) is 14.1. The summed E-state index contributed by atoms with van der Waals surface area (Å²) in [7, 11) is 3.17. The Labute approximate surface area is 114 Å². The Morgan fingerprint density at radius 1 is 1.11 bits per heavy atom. The third-order valence-electron chi connectivity index (χ3n) is 2.57. The normalized spacial score (nSPS) is 12.0. The van der Waals surface area contributed by atoms with E-state index in [1.54, 1.807) is 32.4 Å². The number of aliphatic hydroxyl groups excluding tert-OH is 1. The summed E-state index contributed by atoms with van der Waals surface area (Å²) in [6.45, 7) is 3.73. The number of benzene rings is 1. The van der Waals surface area contributed by atoms with Crippen LogP contribution in [0, 0.1) is 0 Å². The third-order valence-corrected chi connectivity index (χ3v) is 2.57. The van der Waals surface area contributed by atoms with Crippen LogP contribution in [0.4, 0.5) is 0 Å². The minimum Gasteiger partial charge on any atom is -0.496 e. The number of aliphatic hydroxyl groups is 1. The average molecular weight is 269 g/mol. The lowest BCUT2D eigenvalue weighted by molar-refractivity contribution is 0.106. The van der Waals surface area contributed by atoms with E-state index in [4.69, 9.17) is 14.2 Å². The van der Waals surface area contributed by atoms with Gasteiger partial charge in [-0.2, -0.15) is 0 Å². The SMILES string of the molecule is CCCNCC(O)COc1cc(OC)cc(OC)c1. The van der Waals surface area contributed by atoms with E-state index in [0.717, 1.165) is 13.0 Å². The van der Waals surface area contributed by atoms with Gasteiger partial charge in [0, 0.05) is 24.7 Å². The molecule has 0 aliphatic carbocycles. The fraction of sp³-hybridized carbons (Fsp3) is 0.571. The van der Waals surface area contributed by atoms with Gasteiger partial charge in [0.2, 0.25) is 0 Å². The molecule has 0 aliphatic heterocycles. The number of nitrogens with one attached hydrogen (secondary N) is 1. The van der Waals surface area contributed by atoms with Crippen LogP contribution in [-0.2, 0) is 0 Å². The van der Waals surface area contributed by atoms with Crippen LogP contribution in [0.2, 0.25) is 0 Å². The number of ether oxygens (including phenoxy) is 3. The fourth-order valence-corrected chi connectivity index (χ4v) is 1.56. The third kappa shape index (κ3) is 5.81. The molecule has 1 rings (SSSR count). The van der Waals surface area contributed by atoms with Crippen LogP contribution in [0.15, 0.2) is 18.2 Å². The summed E-state index contributed by atoms with van der Waals surface area (Å²) < 4.78 is 15.8. The van der Waals surface area contributed by atoms with Crippen molar-refractivity contribution in [3.8, 4) is 17.2 Å². The monoisotopic (exact) mass is 269 g/mol. The van der Waals surface area contributed by atoms with E-state index in [-0.39, 0.29) is 6.61 Å². The summed E-state index contributed by atoms with van der Waals surface area (Å²) in [5, 5.41) is 12.9. The van der Waals surface area contributed by atoms with Gasteiger partial charge in [-0.1, -0.05) is 6.92 Å². The second-order valence-corrected chi connectivity index (χ2v) is 4.22. The van der Waals surface area contributed by atoms with Gasteiger partial charge in [0.15, 0.2) is 0 Å². The Kier molecular flexibility index (Phi) is 7.07. The molecule has 0 spiro atoms. The van der Waals surface area contributed by atoms with Gasteiger partial charge in [-0.3, -0.25) is 0 Å². The molecular formula is C14H23NO4. The van der Waals surface area contributed by atoms with Crippen LogP contribution in [0.5, 0.6) is 17.2 Å². The van der Waals surface area contributed by atoms with Crippen molar-refractivity contribution in [3.63, 3.8) is 0 Å². The molecule has 0 heterocycles. The number of hydrogen-bond acceptors (Lipinski definition) is 5. The molecule has 1 unspecified atom stereocenters. The quantitative estimate of drug-likeness (QED) is 0.664. The molecule has 19 heavy (non-hydrogen) atoms. The lowest BCUT2D eigenvalue weighted by Crippen LogP contribution is -2.31. The largest absolute Gasteiger partial charge is 0.496 e. The van der Waals surface area contributed by atoms with Crippen LogP contribution in [-0.4, -0.2) is 45.1 Å². The second-order valence-electron chi connectivity index (χ2n) is 4.22. The number of hydrogen-bond donors (Lipinski definition) is 2. The average Bonchev–Trinajstić information content (AvgIpc) is 2.45. The first-order valence-electron chi connectivity index (χ1n) is 6.44. The summed E-state index contributed by atoms with van der Waals surface area (Å²) in [4.78, 5) is 0. The molecule has 5 heteroatoms. The highest BCUT2D eigenvalue weighted by Crippen LogP contribution is 2.27. The van der Waals surface area contributed by atoms with Crippen LogP contribution in [0.3, 0.4) is 0 Å².